The predicted octanol–water partition coefficient (Wildman–Crippen LogP) is 2.69. The Kier molecular flexibility index (Phi) is 4.10. The monoisotopic (exact) mass is 268 g/mol. The van der Waals surface area contributed by atoms with Gasteiger partial charge in [-0.15, -0.1) is 0 Å². The Hall–Kier alpha value is -0.840. The van der Waals surface area contributed by atoms with Crippen LogP contribution in [0.4, 0.5) is 11.5 Å². The Morgan fingerprint density at radius 3 is 2.44 bits per heavy atom. The molecule has 102 valence electrons. The number of rotatable bonds is 3. The van der Waals surface area contributed by atoms with Crippen LogP contribution in [-0.2, 0) is 0 Å². The molecule has 5 heteroatoms. The Morgan fingerprint density at radius 2 is 1.94 bits per heavy atom. The van der Waals surface area contributed by atoms with Crippen LogP contribution in [0.25, 0.3) is 0 Å². The summed E-state index contributed by atoms with van der Waals surface area (Å²) in [6, 6.07) is 0.356. The van der Waals surface area contributed by atoms with Gasteiger partial charge >= 0.3 is 0 Å². The molecule has 0 aromatic carbocycles. The van der Waals surface area contributed by atoms with E-state index in [1.807, 2.05) is 18.7 Å². The van der Waals surface area contributed by atoms with Crippen molar-refractivity contribution in [3.63, 3.8) is 0 Å². The number of nitrogens with zero attached hydrogens (tertiary/aromatic N) is 3. The van der Waals surface area contributed by atoms with Gasteiger partial charge in [-0.25, -0.2) is 4.68 Å². The summed E-state index contributed by atoms with van der Waals surface area (Å²) in [7, 11) is 0. The van der Waals surface area contributed by atoms with Crippen molar-refractivity contribution in [1.29, 1.82) is 0 Å². The van der Waals surface area contributed by atoms with Gasteiger partial charge in [-0.1, -0.05) is 0 Å². The van der Waals surface area contributed by atoms with E-state index in [0.717, 1.165) is 35.5 Å². The molecule has 1 saturated heterocycles. The molecule has 1 aromatic rings. The fourth-order valence-electron chi connectivity index (χ4n) is 2.53. The van der Waals surface area contributed by atoms with Gasteiger partial charge in [0.1, 0.15) is 0 Å². The molecule has 0 atom stereocenters. The van der Waals surface area contributed by atoms with Gasteiger partial charge in [0.15, 0.2) is 5.82 Å². The molecule has 0 saturated carbocycles. The Bertz CT molecular complexity index is 405. The Labute approximate surface area is 114 Å². The quantitative estimate of drug-likeness (QED) is 0.915. The molecular weight excluding hydrogens is 244 g/mol. The van der Waals surface area contributed by atoms with Gasteiger partial charge in [-0.05, 0) is 39.9 Å². The largest absolute Gasteiger partial charge is 0.394 e. The second kappa shape index (κ2) is 5.43. The lowest BCUT2D eigenvalue weighted by Crippen LogP contribution is -2.36. The van der Waals surface area contributed by atoms with Crippen LogP contribution in [0.15, 0.2) is 0 Å². The number of anilines is 2. The predicted molar refractivity (Wildman–Crippen MR) is 80.5 cm³/mol. The molecular formula is C13H24N4S. The molecule has 0 bridgehead atoms. The number of hydrogen-bond acceptors (Lipinski definition) is 4. The smallest absolute Gasteiger partial charge is 0.150 e. The fourth-order valence-corrected chi connectivity index (χ4v) is 3.21. The zero-order valence-electron chi connectivity index (χ0n) is 11.8. The highest BCUT2D eigenvalue weighted by Gasteiger charge is 2.25. The van der Waals surface area contributed by atoms with Crippen molar-refractivity contribution in [2.75, 3.05) is 30.0 Å². The zero-order valence-corrected chi connectivity index (χ0v) is 12.6. The third-order valence-electron chi connectivity index (χ3n) is 3.67. The second-order valence-electron chi connectivity index (χ2n) is 5.28. The average Bonchev–Trinajstić information content (AvgIpc) is 2.66. The Balaban J connectivity index is 2.23. The standard InChI is InChI=1S/C13H24N4S/c1-9(2)17-13(12(14)10(3)15-17)16-7-5-11(18-4)6-8-16/h9,11H,5-8,14H2,1-4H3. The molecule has 0 aliphatic carbocycles. The van der Waals surface area contributed by atoms with Gasteiger partial charge in [-0.3, -0.25) is 0 Å². The number of aryl methyl sites for hydroxylation is 1. The minimum atomic E-state index is 0.356. The van der Waals surface area contributed by atoms with Gasteiger partial charge in [0.05, 0.1) is 11.4 Å². The van der Waals surface area contributed by atoms with Crippen LogP contribution in [-0.4, -0.2) is 34.4 Å². The third kappa shape index (κ3) is 2.46. The minimum absolute atomic E-state index is 0.356. The van der Waals surface area contributed by atoms with Gasteiger partial charge < -0.3 is 10.6 Å². The summed E-state index contributed by atoms with van der Waals surface area (Å²) in [5, 5.41) is 5.37. The summed E-state index contributed by atoms with van der Waals surface area (Å²) in [5.41, 5.74) is 8.01. The summed E-state index contributed by atoms with van der Waals surface area (Å²) in [6.07, 6.45) is 4.68. The van der Waals surface area contributed by atoms with Crippen LogP contribution < -0.4 is 10.6 Å². The number of nitrogen functional groups attached to an aromatic ring is 1. The molecule has 18 heavy (non-hydrogen) atoms. The number of thioether (sulfide) groups is 1. The number of piperidine rings is 1. The summed E-state index contributed by atoms with van der Waals surface area (Å²) in [4.78, 5) is 2.40. The molecule has 0 spiro atoms. The second-order valence-corrected chi connectivity index (χ2v) is 6.42. The molecule has 1 aliphatic rings. The summed E-state index contributed by atoms with van der Waals surface area (Å²) in [5.74, 6) is 1.13. The topological polar surface area (TPSA) is 47.1 Å². The average molecular weight is 268 g/mol. The zero-order chi connectivity index (χ0) is 13.3. The van der Waals surface area contributed by atoms with Crippen LogP contribution in [0.5, 0.6) is 0 Å². The summed E-state index contributed by atoms with van der Waals surface area (Å²) < 4.78 is 2.07. The molecule has 4 nitrogen and oxygen atoms in total. The molecule has 1 fully saturated rings. The van der Waals surface area contributed by atoms with Crippen molar-refractivity contribution in [2.24, 2.45) is 0 Å². The lowest BCUT2D eigenvalue weighted by Gasteiger charge is -2.33. The first kappa shape index (κ1) is 13.6. The number of hydrogen-bond donors (Lipinski definition) is 1. The lowest BCUT2D eigenvalue weighted by molar-refractivity contribution is 0.505. The maximum atomic E-state index is 6.21. The SMILES string of the molecule is CSC1CCN(c2c(N)c(C)nn2C(C)C)CC1. The van der Waals surface area contributed by atoms with E-state index >= 15 is 0 Å². The van der Waals surface area contributed by atoms with Crippen LogP contribution >= 0.6 is 11.8 Å². The maximum absolute atomic E-state index is 6.21. The lowest BCUT2D eigenvalue weighted by atomic mass is 10.1. The highest BCUT2D eigenvalue weighted by atomic mass is 32.2. The van der Waals surface area contributed by atoms with Crippen LogP contribution in [0, 0.1) is 6.92 Å². The van der Waals surface area contributed by atoms with Gasteiger partial charge in [0.25, 0.3) is 0 Å². The van der Waals surface area contributed by atoms with Crippen molar-refractivity contribution in [1.82, 2.24) is 9.78 Å². The Morgan fingerprint density at radius 1 is 1.33 bits per heavy atom. The van der Waals surface area contributed by atoms with Crippen molar-refractivity contribution in [3.05, 3.63) is 5.69 Å². The normalized spacial score (nSPS) is 17.7. The van der Waals surface area contributed by atoms with E-state index < -0.39 is 0 Å². The minimum Gasteiger partial charge on any atom is -0.394 e. The van der Waals surface area contributed by atoms with Crippen molar-refractivity contribution in [3.8, 4) is 0 Å². The van der Waals surface area contributed by atoms with Gasteiger partial charge in [0, 0.05) is 24.4 Å². The van der Waals surface area contributed by atoms with Crippen molar-refractivity contribution in [2.45, 2.75) is 44.9 Å². The van der Waals surface area contributed by atoms with E-state index in [9.17, 15) is 0 Å². The first-order valence-electron chi connectivity index (χ1n) is 6.67. The number of aromatic nitrogens is 2. The van der Waals surface area contributed by atoms with Crippen LogP contribution in [0.1, 0.15) is 38.4 Å². The van der Waals surface area contributed by atoms with E-state index in [1.54, 1.807) is 0 Å². The first-order chi connectivity index (χ1) is 8.54. The molecule has 2 heterocycles. The fraction of sp³-hybridized carbons (Fsp3) is 0.769. The molecule has 0 radical (unpaired) electrons. The van der Waals surface area contributed by atoms with E-state index in [4.69, 9.17) is 5.73 Å². The molecule has 2 N–H and O–H groups in total. The van der Waals surface area contributed by atoms with E-state index in [-0.39, 0.29) is 0 Å². The molecule has 0 unspecified atom stereocenters. The first-order valence-corrected chi connectivity index (χ1v) is 7.95. The van der Waals surface area contributed by atoms with Gasteiger partial charge in [0.2, 0.25) is 0 Å². The molecule has 1 aromatic heterocycles. The van der Waals surface area contributed by atoms with Crippen LogP contribution in [0.2, 0.25) is 0 Å². The van der Waals surface area contributed by atoms with Gasteiger partial charge in [-0.2, -0.15) is 16.9 Å². The van der Waals surface area contributed by atoms with E-state index in [0.29, 0.717) is 6.04 Å². The van der Waals surface area contributed by atoms with Crippen molar-refractivity contribution >= 4 is 23.3 Å². The summed E-state index contributed by atoms with van der Waals surface area (Å²) in [6.45, 7) is 8.49. The van der Waals surface area contributed by atoms with Crippen LogP contribution in [0.3, 0.4) is 0 Å². The molecule has 0 amide bonds. The van der Waals surface area contributed by atoms with Crippen molar-refractivity contribution < 1.29 is 0 Å². The highest BCUT2D eigenvalue weighted by molar-refractivity contribution is 7.99. The van der Waals surface area contributed by atoms with E-state index in [2.05, 4.69) is 34.8 Å². The molecule has 1 aliphatic heterocycles. The maximum Gasteiger partial charge on any atom is 0.150 e. The number of nitrogens with two attached hydrogens (primary N) is 1. The highest BCUT2D eigenvalue weighted by Crippen LogP contribution is 2.32. The van der Waals surface area contributed by atoms with E-state index in [1.165, 1.54) is 12.8 Å². The summed E-state index contributed by atoms with van der Waals surface area (Å²) >= 11 is 1.98. The third-order valence-corrected chi connectivity index (χ3v) is 4.81. The molecule has 2 rings (SSSR count).